The summed E-state index contributed by atoms with van der Waals surface area (Å²) in [5, 5.41) is 9.87. The molecule has 130 valence electrons. The average molecular weight is 378 g/mol. The second-order valence-electron chi connectivity index (χ2n) is 5.57. The van der Waals surface area contributed by atoms with Crippen LogP contribution in [0.3, 0.4) is 0 Å². The van der Waals surface area contributed by atoms with Gasteiger partial charge in [-0.3, -0.25) is 0 Å². The van der Waals surface area contributed by atoms with Crippen LogP contribution in [0.2, 0.25) is 5.02 Å². The van der Waals surface area contributed by atoms with Crippen molar-refractivity contribution in [3.63, 3.8) is 0 Å². The Morgan fingerprint density at radius 2 is 1.92 bits per heavy atom. The van der Waals surface area contributed by atoms with Gasteiger partial charge in [-0.25, -0.2) is 4.39 Å². The monoisotopic (exact) mass is 377 g/mol. The van der Waals surface area contributed by atoms with E-state index in [2.05, 4.69) is 10.2 Å². The molecule has 0 saturated heterocycles. The second kappa shape index (κ2) is 7.89. The highest BCUT2D eigenvalue weighted by molar-refractivity contribution is 7.98. The molecule has 0 aliphatic carbocycles. The number of thioether (sulfide) groups is 1. The molecule has 0 spiro atoms. The molecule has 0 radical (unpaired) electrons. The fourth-order valence-corrected chi connectivity index (χ4v) is 3.18. The van der Waals surface area contributed by atoms with E-state index in [-0.39, 0.29) is 5.82 Å². The molecule has 4 nitrogen and oxygen atoms in total. The number of aromatic nitrogens is 3. The standard InChI is InChI=1S/C18H17ClFN3OS/c1-12-9-15(7-8-16(12)19)24-10-17-21-22-18(23(17)2)25-11-13-3-5-14(20)6-4-13/h3-9H,10-11H2,1-2H3. The Labute approximate surface area is 155 Å². The normalized spacial score (nSPS) is 10.9. The third-order valence-corrected chi connectivity index (χ3v) is 5.22. The van der Waals surface area contributed by atoms with Crippen LogP contribution in [-0.2, 0) is 19.4 Å². The molecule has 7 heteroatoms. The van der Waals surface area contributed by atoms with Crippen LogP contribution in [0.15, 0.2) is 47.6 Å². The molecule has 25 heavy (non-hydrogen) atoms. The summed E-state index contributed by atoms with van der Waals surface area (Å²) in [5.74, 6) is 1.94. The van der Waals surface area contributed by atoms with Gasteiger partial charge in [0.15, 0.2) is 11.0 Å². The van der Waals surface area contributed by atoms with E-state index in [1.165, 1.54) is 12.1 Å². The molecule has 2 aromatic carbocycles. The van der Waals surface area contributed by atoms with Crippen molar-refractivity contribution in [1.82, 2.24) is 14.8 Å². The lowest BCUT2D eigenvalue weighted by Gasteiger charge is -2.08. The zero-order chi connectivity index (χ0) is 17.8. The summed E-state index contributed by atoms with van der Waals surface area (Å²) >= 11 is 7.56. The van der Waals surface area contributed by atoms with Crippen LogP contribution in [0, 0.1) is 12.7 Å². The molecule has 0 atom stereocenters. The Kier molecular flexibility index (Phi) is 5.60. The lowest BCUT2D eigenvalue weighted by molar-refractivity contribution is 0.290. The van der Waals surface area contributed by atoms with Crippen LogP contribution in [0.4, 0.5) is 4.39 Å². The van der Waals surface area contributed by atoms with Crippen LogP contribution < -0.4 is 4.74 Å². The molecule has 1 aromatic heterocycles. The van der Waals surface area contributed by atoms with Gasteiger partial charge in [-0.15, -0.1) is 10.2 Å². The van der Waals surface area contributed by atoms with Gasteiger partial charge in [0.2, 0.25) is 0 Å². The van der Waals surface area contributed by atoms with Gasteiger partial charge in [0.25, 0.3) is 0 Å². The summed E-state index contributed by atoms with van der Waals surface area (Å²) in [6.45, 7) is 2.25. The van der Waals surface area contributed by atoms with Crippen molar-refractivity contribution in [2.45, 2.75) is 24.4 Å². The summed E-state index contributed by atoms with van der Waals surface area (Å²) < 4.78 is 20.6. The molecule has 3 rings (SSSR count). The maximum atomic E-state index is 12.9. The minimum atomic E-state index is -0.232. The first-order chi connectivity index (χ1) is 12.0. The molecule has 0 saturated carbocycles. The quantitative estimate of drug-likeness (QED) is 0.579. The number of benzene rings is 2. The molecule has 0 bridgehead atoms. The molecule has 3 aromatic rings. The number of aryl methyl sites for hydroxylation is 1. The number of nitrogens with zero attached hydrogens (tertiary/aromatic N) is 3. The van der Waals surface area contributed by atoms with Crippen molar-refractivity contribution >= 4 is 23.4 Å². The molecule has 1 heterocycles. The van der Waals surface area contributed by atoms with Gasteiger partial charge in [0.05, 0.1) is 0 Å². The second-order valence-corrected chi connectivity index (χ2v) is 6.92. The van der Waals surface area contributed by atoms with Crippen molar-refractivity contribution in [3.8, 4) is 5.75 Å². The number of hydrogen-bond donors (Lipinski definition) is 0. The molecule has 0 amide bonds. The third kappa shape index (κ3) is 4.52. The van der Waals surface area contributed by atoms with Crippen molar-refractivity contribution in [1.29, 1.82) is 0 Å². The summed E-state index contributed by atoms with van der Waals surface area (Å²) in [7, 11) is 1.90. The van der Waals surface area contributed by atoms with Crippen molar-refractivity contribution in [2.24, 2.45) is 7.05 Å². The maximum Gasteiger partial charge on any atom is 0.191 e. The SMILES string of the molecule is Cc1cc(OCc2nnc(SCc3ccc(F)cc3)n2C)ccc1Cl. The molecule has 0 fully saturated rings. The van der Waals surface area contributed by atoms with Crippen LogP contribution in [0.1, 0.15) is 17.0 Å². The molecule has 0 aliphatic rings. The zero-order valence-electron chi connectivity index (χ0n) is 13.9. The number of halogens is 2. The lowest BCUT2D eigenvalue weighted by atomic mass is 10.2. The van der Waals surface area contributed by atoms with E-state index in [9.17, 15) is 4.39 Å². The van der Waals surface area contributed by atoms with E-state index in [4.69, 9.17) is 16.3 Å². The number of hydrogen-bond acceptors (Lipinski definition) is 4. The van der Waals surface area contributed by atoms with Gasteiger partial charge in [0, 0.05) is 17.8 Å². The molecule has 0 unspecified atom stereocenters. The summed E-state index contributed by atoms with van der Waals surface area (Å²) in [5.41, 5.74) is 2.00. The van der Waals surface area contributed by atoms with Gasteiger partial charge in [0.1, 0.15) is 18.2 Å². The van der Waals surface area contributed by atoms with Gasteiger partial charge >= 0.3 is 0 Å². The predicted molar refractivity (Wildman–Crippen MR) is 97.5 cm³/mol. The maximum absolute atomic E-state index is 12.9. The highest BCUT2D eigenvalue weighted by Gasteiger charge is 2.10. The van der Waals surface area contributed by atoms with Gasteiger partial charge < -0.3 is 9.30 Å². The van der Waals surface area contributed by atoms with Crippen LogP contribution in [0.25, 0.3) is 0 Å². The van der Waals surface area contributed by atoms with Crippen LogP contribution >= 0.6 is 23.4 Å². The summed E-state index contributed by atoms with van der Waals surface area (Å²) in [4.78, 5) is 0. The Balaban J connectivity index is 1.60. The van der Waals surface area contributed by atoms with Gasteiger partial charge in [-0.2, -0.15) is 0 Å². The first-order valence-electron chi connectivity index (χ1n) is 7.67. The number of rotatable bonds is 6. The smallest absolute Gasteiger partial charge is 0.191 e. The van der Waals surface area contributed by atoms with Crippen molar-refractivity contribution in [3.05, 3.63) is 70.3 Å². The van der Waals surface area contributed by atoms with E-state index >= 15 is 0 Å². The average Bonchev–Trinajstić information content (AvgIpc) is 2.95. The lowest BCUT2D eigenvalue weighted by Crippen LogP contribution is -2.04. The zero-order valence-corrected chi connectivity index (χ0v) is 15.4. The fraction of sp³-hybridized carbons (Fsp3) is 0.222. The Morgan fingerprint density at radius 1 is 1.16 bits per heavy atom. The van der Waals surface area contributed by atoms with E-state index in [1.54, 1.807) is 23.9 Å². The predicted octanol–water partition coefficient (Wildman–Crippen LogP) is 4.79. The van der Waals surface area contributed by atoms with Gasteiger partial charge in [-0.05, 0) is 48.4 Å². The largest absolute Gasteiger partial charge is 0.486 e. The molecular weight excluding hydrogens is 361 g/mol. The Hall–Kier alpha value is -2.05. The topological polar surface area (TPSA) is 39.9 Å². The minimum Gasteiger partial charge on any atom is -0.486 e. The van der Waals surface area contributed by atoms with E-state index in [0.29, 0.717) is 17.4 Å². The van der Waals surface area contributed by atoms with Gasteiger partial charge in [-0.1, -0.05) is 35.5 Å². The molecule has 0 N–H and O–H groups in total. The third-order valence-electron chi connectivity index (χ3n) is 3.70. The number of ether oxygens (including phenoxy) is 1. The first kappa shape index (κ1) is 17.8. The van der Waals surface area contributed by atoms with E-state index in [1.807, 2.05) is 36.7 Å². The van der Waals surface area contributed by atoms with Crippen LogP contribution in [0.5, 0.6) is 5.75 Å². The first-order valence-corrected chi connectivity index (χ1v) is 9.04. The highest BCUT2D eigenvalue weighted by atomic mass is 35.5. The summed E-state index contributed by atoms with van der Waals surface area (Å²) in [6, 6.07) is 12.0. The minimum absolute atomic E-state index is 0.232. The molecule has 0 aliphatic heterocycles. The van der Waals surface area contributed by atoms with E-state index in [0.717, 1.165) is 27.9 Å². The highest BCUT2D eigenvalue weighted by Crippen LogP contribution is 2.23. The van der Waals surface area contributed by atoms with Crippen molar-refractivity contribution in [2.75, 3.05) is 0 Å². The van der Waals surface area contributed by atoms with E-state index < -0.39 is 0 Å². The molecular formula is C18H17ClFN3OS. The summed E-state index contributed by atoms with van der Waals surface area (Å²) in [6.07, 6.45) is 0. The van der Waals surface area contributed by atoms with Crippen molar-refractivity contribution < 1.29 is 9.13 Å². The Bertz CT molecular complexity index is 867. The Morgan fingerprint density at radius 3 is 2.64 bits per heavy atom. The van der Waals surface area contributed by atoms with Crippen LogP contribution in [-0.4, -0.2) is 14.8 Å². The fourth-order valence-electron chi connectivity index (χ4n) is 2.18.